The first-order valence-electron chi connectivity index (χ1n) is 23.4. The van der Waals surface area contributed by atoms with Crippen LogP contribution in [0.15, 0.2) is 72.9 Å². The summed E-state index contributed by atoms with van der Waals surface area (Å²) in [7, 11) is -1.46. The van der Waals surface area contributed by atoms with Gasteiger partial charge < -0.3 is 40.6 Å². The van der Waals surface area contributed by atoms with Gasteiger partial charge in [0.25, 0.3) is 11.8 Å². The zero-order valence-electron chi connectivity index (χ0n) is 41.8. The minimum atomic E-state index is -1.51. The van der Waals surface area contributed by atoms with Gasteiger partial charge in [0.05, 0.1) is 18.4 Å². The first kappa shape index (κ1) is 57.2. The van der Waals surface area contributed by atoms with Crippen molar-refractivity contribution < 1.29 is 57.0 Å². The average Bonchev–Trinajstić information content (AvgIpc) is 3.83. The monoisotopic (exact) mass is 1020 g/mol. The Balaban J connectivity index is 1.54. The number of hydrogen-bond acceptors (Lipinski definition) is 10. The third kappa shape index (κ3) is 17.5. The van der Waals surface area contributed by atoms with Gasteiger partial charge in [-0.05, 0) is 60.6 Å². The minimum Gasteiger partial charge on any atom is -0.480 e. The van der Waals surface area contributed by atoms with Crippen LogP contribution in [0.1, 0.15) is 65.3 Å². The molecule has 2 aromatic carbocycles. The molecular weight excluding hydrogens is 957 g/mol. The summed E-state index contributed by atoms with van der Waals surface area (Å²) < 4.78 is 37.3. The van der Waals surface area contributed by atoms with E-state index >= 15 is 4.39 Å². The maximum atomic E-state index is 15.4. The zero-order chi connectivity index (χ0) is 52.8. The number of nitrogens with one attached hydrogen (secondary N) is 4. The molecule has 0 fully saturated rings. The number of imide groups is 1. The summed E-state index contributed by atoms with van der Waals surface area (Å²) >= 11 is 0.951. The maximum Gasteiger partial charge on any atom is 0.407 e. The Morgan fingerprint density at radius 3 is 2.15 bits per heavy atom. The van der Waals surface area contributed by atoms with Crippen molar-refractivity contribution in [2.75, 3.05) is 37.7 Å². The summed E-state index contributed by atoms with van der Waals surface area (Å²) in [6, 6.07) is 10.5. The summed E-state index contributed by atoms with van der Waals surface area (Å²) in [4.78, 5) is 105. The standard InChI is InChI=1S/C50H67F2N7O10SSi/c1-31(2)44(56-40(60)28-59-41(61)18-19-42(59)62)47(65)54-32(3)46(64)55-38(48(66)67)29-70-30-43(63)58(21-13-20-53-49(68)69-22-23-71(7,8)9)45(50(4,5)6)39-24-34(36-25-35(51)16-17-37(36)52)27-57(39)26-33-14-11-10-12-15-33/h10-12,14-19,24-25,27,31-32,38,44-45H,13,20-23,26,28-30H2,1-9H3,(H,53,68)(H,54,65)(H,55,64)(H,56,60)(H,66,67)/t32-,38-,44-,45-/m0/s1. The minimum absolute atomic E-state index is 0.0292. The van der Waals surface area contributed by atoms with Crippen LogP contribution in [0.4, 0.5) is 13.6 Å². The summed E-state index contributed by atoms with van der Waals surface area (Å²) in [5.74, 6) is -7.90. The van der Waals surface area contributed by atoms with Crippen LogP contribution in [-0.2, 0) is 44.8 Å². The van der Waals surface area contributed by atoms with E-state index in [1.807, 2.05) is 55.7 Å². The number of ether oxygens (including phenoxy) is 1. The van der Waals surface area contributed by atoms with Crippen LogP contribution < -0.4 is 21.3 Å². The highest BCUT2D eigenvalue weighted by Crippen LogP contribution is 2.41. The highest BCUT2D eigenvalue weighted by molar-refractivity contribution is 8.00. The number of benzene rings is 2. The van der Waals surface area contributed by atoms with Crippen molar-refractivity contribution in [1.29, 1.82) is 0 Å². The van der Waals surface area contributed by atoms with E-state index in [4.69, 9.17) is 4.74 Å². The number of carbonyl (C=O) groups excluding carboxylic acids is 7. The van der Waals surface area contributed by atoms with Gasteiger partial charge in [-0.1, -0.05) is 84.6 Å². The van der Waals surface area contributed by atoms with Crippen LogP contribution in [0, 0.1) is 23.0 Å². The normalized spacial score (nSPS) is 14.4. The second-order valence-electron chi connectivity index (χ2n) is 20.0. The number of thioether (sulfide) groups is 1. The molecule has 1 aliphatic rings. The van der Waals surface area contributed by atoms with Crippen molar-refractivity contribution in [2.24, 2.45) is 11.3 Å². The molecule has 0 aliphatic carbocycles. The van der Waals surface area contributed by atoms with Crippen LogP contribution >= 0.6 is 11.8 Å². The molecule has 0 saturated carbocycles. The molecule has 0 radical (unpaired) electrons. The van der Waals surface area contributed by atoms with Gasteiger partial charge in [-0.2, -0.15) is 0 Å². The maximum absolute atomic E-state index is 15.4. The zero-order valence-corrected chi connectivity index (χ0v) is 43.6. The molecule has 1 aromatic heterocycles. The molecule has 0 saturated heterocycles. The van der Waals surface area contributed by atoms with Gasteiger partial charge in [0, 0.05) is 68.6 Å². The number of carboxylic acids is 1. The molecule has 2 heterocycles. The van der Waals surface area contributed by atoms with Gasteiger partial charge >= 0.3 is 12.1 Å². The molecule has 386 valence electrons. The van der Waals surface area contributed by atoms with Crippen LogP contribution in [-0.4, -0.2) is 131 Å². The van der Waals surface area contributed by atoms with Crippen LogP contribution in [0.25, 0.3) is 11.1 Å². The molecule has 0 unspecified atom stereocenters. The SMILES string of the molecule is CC(C)[C@H](NC(=O)CN1C(=O)C=CC1=O)C(=O)N[C@@H](C)C(=O)N[C@@H](CSCC(=O)N(CCCNC(=O)OCC[Si](C)(C)C)[C@@H](c1cc(-c2cc(F)ccc2F)cn1Cc1ccccc1)C(C)(C)C)C(=O)O. The summed E-state index contributed by atoms with van der Waals surface area (Å²) in [5.41, 5.74) is 1.22. The van der Waals surface area contributed by atoms with Crippen LogP contribution in [0.3, 0.4) is 0 Å². The second-order valence-corrected chi connectivity index (χ2v) is 26.7. The number of carboxylic acid groups (broad SMARTS) is 1. The van der Waals surface area contributed by atoms with Crippen molar-refractivity contribution in [3.63, 3.8) is 0 Å². The molecule has 21 heteroatoms. The fourth-order valence-corrected chi connectivity index (χ4v) is 9.26. The molecule has 4 atom stereocenters. The average molecular weight is 1020 g/mol. The molecule has 1 aliphatic heterocycles. The molecule has 3 aromatic rings. The topological polar surface area (TPSA) is 226 Å². The van der Waals surface area contributed by atoms with Crippen LogP contribution in [0.5, 0.6) is 0 Å². The van der Waals surface area contributed by atoms with Crippen molar-refractivity contribution in [1.82, 2.24) is 35.6 Å². The van der Waals surface area contributed by atoms with E-state index in [2.05, 4.69) is 40.9 Å². The molecule has 0 bridgehead atoms. The van der Waals surface area contributed by atoms with Gasteiger partial charge in [-0.3, -0.25) is 33.7 Å². The van der Waals surface area contributed by atoms with E-state index in [0.29, 0.717) is 22.7 Å². The van der Waals surface area contributed by atoms with E-state index in [1.165, 1.54) is 6.92 Å². The van der Waals surface area contributed by atoms with Crippen molar-refractivity contribution in [2.45, 2.75) is 104 Å². The first-order valence-corrected chi connectivity index (χ1v) is 28.3. The van der Waals surface area contributed by atoms with E-state index in [0.717, 1.165) is 53.7 Å². The number of aromatic nitrogens is 1. The number of nitrogens with zero attached hydrogens (tertiary/aromatic N) is 3. The highest BCUT2D eigenvalue weighted by Gasteiger charge is 2.38. The Bertz CT molecular complexity index is 2420. The fourth-order valence-electron chi connectivity index (χ4n) is 7.62. The molecular formula is C50H67F2N7O10SSi. The lowest BCUT2D eigenvalue weighted by atomic mass is 9.83. The Morgan fingerprint density at radius 1 is 0.887 bits per heavy atom. The van der Waals surface area contributed by atoms with Crippen molar-refractivity contribution >= 4 is 67.3 Å². The fraction of sp³-hybridized carbons (Fsp3) is 0.480. The Labute approximate surface area is 418 Å². The molecule has 71 heavy (non-hydrogen) atoms. The molecule has 17 nitrogen and oxygen atoms in total. The number of alkyl carbamates (subject to hydrolysis) is 1. The number of halogens is 2. The van der Waals surface area contributed by atoms with Crippen molar-refractivity contribution in [3.8, 4) is 11.1 Å². The number of aliphatic carboxylic acids is 1. The predicted molar refractivity (Wildman–Crippen MR) is 268 cm³/mol. The van der Waals surface area contributed by atoms with Gasteiger partial charge in [0.15, 0.2) is 0 Å². The second kappa shape index (κ2) is 25.7. The Hall–Kier alpha value is -6.35. The lowest BCUT2D eigenvalue weighted by Crippen LogP contribution is -2.57. The van der Waals surface area contributed by atoms with Gasteiger partial charge in [-0.15, -0.1) is 11.8 Å². The number of amides is 7. The van der Waals surface area contributed by atoms with Crippen molar-refractivity contribution in [3.05, 3.63) is 95.8 Å². The third-order valence-electron chi connectivity index (χ3n) is 11.4. The summed E-state index contributed by atoms with van der Waals surface area (Å²) in [6.45, 7) is 17.1. The van der Waals surface area contributed by atoms with Gasteiger partial charge in [-0.25, -0.2) is 18.4 Å². The van der Waals surface area contributed by atoms with E-state index in [-0.39, 0.29) is 43.2 Å². The lowest BCUT2D eigenvalue weighted by Gasteiger charge is -2.41. The number of carbonyl (C=O) groups is 8. The number of hydrogen-bond donors (Lipinski definition) is 5. The molecule has 7 amide bonds. The number of rotatable bonds is 25. The highest BCUT2D eigenvalue weighted by atomic mass is 32.2. The Kier molecular flexibility index (Phi) is 20.7. The lowest BCUT2D eigenvalue weighted by molar-refractivity contribution is -0.141. The largest absolute Gasteiger partial charge is 0.480 e. The molecule has 4 rings (SSSR count). The summed E-state index contributed by atoms with van der Waals surface area (Å²) in [6.07, 6.45) is 3.45. The van der Waals surface area contributed by atoms with Gasteiger partial charge in [0.1, 0.15) is 36.3 Å². The summed E-state index contributed by atoms with van der Waals surface area (Å²) in [5, 5.41) is 20.3. The van der Waals surface area contributed by atoms with E-state index in [9.17, 15) is 47.9 Å². The first-order chi connectivity index (χ1) is 33.2. The third-order valence-corrected chi connectivity index (χ3v) is 14.1. The van der Waals surface area contributed by atoms with E-state index in [1.54, 1.807) is 31.0 Å². The van der Waals surface area contributed by atoms with Crippen LogP contribution in [0.2, 0.25) is 25.7 Å². The Morgan fingerprint density at radius 2 is 1.55 bits per heavy atom. The van der Waals surface area contributed by atoms with Gasteiger partial charge in [0.2, 0.25) is 23.6 Å². The van der Waals surface area contributed by atoms with E-state index < -0.39 is 109 Å². The molecule has 5 N–H and O–H groups in total. The smallest absolute Gasteiger partial charge is 0.407 e. The predicted octanol–water partition coefficient (Wildman–Crippen LogP) is 5.73. The quantitative estimate of drug-likeness (QED) is 0.0392. The molecule has 0 spiro atoms.